The third kappa shape index (κ3) is 5.72. The van der Waals surface area contributed by atoms with Crippen molar-refractivity contribution in [3.05, 3.63) is 95.7 Å². The minimum absolute atomic E-state index is 0.00770. The van der Waals surface area contributed by atoms with E-state index < -0.39 is 23.6 Å². The van der Waals surface area contributed by atoms with E-state index in [2.05, 4.69) is 5.32 Å². The number of alkyl halides is 3. The van der Waals surface area contributed by atoms with Crippen LogP contribution in [-0.4, -0.2) is 21.7 Å². The Morgan fingerprint density at radius 2 is 1.54 bits per heavy atom. The lowest BCUT2D eigenvalue weighted by Gasteiger charge is -2.11. The van der Waals surface area contributed by atoms with E-state index in [1.54, 1.807) is 28.9 Å². The molecule has 0 saturated carbocycles. The molecule has 0 saturated heterocycles. The van der Waals surface area contributed by atoms with Gasteiger partial charge in [-0.3, -0.25) is 9.59 Å². The minimum atomic E-state index is -4.47. The van der Waals surface area contributed by atoms with Crippen molar-refractivity contribution in [2.24, 2.45) is 0 Å². The summed E-state index contributed by atoms with van der Waals surface area (Å²) in [5, 5.41) is 7.42. The Hall–Kier alpha value is -4.40. The molecule has 4 aromatic rings. The summed E-state index contributed by atoms with van der Waals surface area (Å²) in [6.45, 7) is 5.29. The van der Waals surface area contributed by atoms with Gasteiger partial charge in [0.05, 0.1) is 22.5 Å². The molecule has 0 bridgehead atoms. The Bertz CT molecular complexity index is 1410. The zero-order chi connectivity index (χ0) is 26.7. The molecular weight excluding hydrogens is 483 g/mol. The van der Waals surface area contributed by atoms with Crippen molar-refractivity contribution < 1.29 is 27.5 Å². The average molecular weight is 508 g/mol. The van der Waals surface area contributed by atoms with Crippen molar-refractivity contribution in [1.82, 2.24) is 9.78 Å². The van der Waals surface area contributed by atoms with Crippen LogP contribution in [0.1, 0.15) is 48.3 Å². The van der Waals surface area contributed by atoms with Gasteiger partial charge >= 0.3 is 12.1 Å². The topological polar surface area (TPSA) is 73.2 Å². The van der Waals surface area contributed by atoms with Gasteiger partial charge in [0.2, 0.25) is 5.88 Å². The number of rotatable bonds is 6. The van der Waals surface area contributed by atoms with E-state index in [4.69, 9.17) is 9.84 Å². The highest BCUT2D eigenvalue weighted by Gasteiger charge is 2.30. The van der Waals surface area contributed by atoms with Crippen molar-refractivity contribution in [1.29, 1.82) is 0 Å². The van der Waals surface area contributed by atoms with E-state index in [1.165, 1.54) is 6.92 Å². The summed E-state index contributed by atoms with van der Waals surface area (Å²) in [4.78, 5) is 24.5. The molecule has 190 valence electrons. The number of carbonyl (C=O) groups excluding carboxylic acids is 2. The molecule has 1 heterocycles. The minimum Gasteiger partial charge on any atom is -0.407 e. The van der Waals surface area contributed by atoms with E-state index in [0.717, 1.165) is 41.2 Å². The van der Waals surface area contributed by atoms with Gasteiger partial charge in [-0.2, -0.15) is 23.0 Å². The maximum Gasteiger partial charge on any atom is 0.416 e. The number of hydrogen-bond acceptors (Lipinski definition) is 4. The molecule has 4 rings (SSSR count). The molecule has 3 aromatic carbocycles. The molecular formula is C28H24F3N3O3. The molecule has 37 heavy (non-hydrogen) atoms. The highest BCUT2D eigenvalue weighted by molar-refractivity contribution is 6.04. The lowest BCUT2D eigenvalue weighted by Crippen LogP contribution is -2.12. The molecule has 1 amide bonds. The molecule has 1 N–H and O–H groups in total. The molecule has 0 fully saturated rings. The second-order valence-electron chi connectivity index (χ2n) is 8.67. The maximum absolute atomic E-state index is 12.8. The number of esters is 1. The van der Waals surface area contributed by atoms with Gasteiger partial charge < -0.3 is 10.1 Å². The smallest absolute Gasteiger partial charge is 0.407 e. The van der Waals surface area contributed by atoms with Gasteiger partial charge in [-0.05, 0) is 60.0 Å². The van der Waals surface area contributed by atoms with Crippen LogP contribution in [-0.2, 0) is 11.0 Å². The van der Waals surface area contributed by atoms with E-state index in [0.29, 0.717) is 11.3 Å². The van der Waals surface area contributed by atoms with Crippen LogP contribution >= 0.6 is 0 Å². The lowest BCUT2D eigenvalue weighted by molar-refractivity contribution is -0.137. The fourth-order valence-electron chi connectivity index (χ4n) is 3.80. The van der Waals surface area contributed by atoms with Gasteiger partial charge in [-0.25, -0.2) is 0 Å². The van der Waals surface area contributed by atoms with E-state index in [9.17, 15) is 22.8 Å². The number of hydrogen-bond donors (Lipinski definition) is 1. The van der Waals surface area contributed by atoms with Crippen molar-refractivity contribution >= 4 is 17.6 Å². The zero-order valence-corrected chi connectivity index (χ0v) is 20.3. The summed E-state index contributed by atoms with van der Waals surface area (Å²) in [6, 6.07) is 20.1. The number of nitrogens with one attached hydrogen (secondary N) is 1. The van der Waals surface area contributed by atoms with Crippen LogP contribution in [0.25, 0.3) is 16.8 Å². The van der Waals surface area contributed by atoms with Gasteiger partial charge in [-0.15, -0.1) is 0 Å². The second kappa shape index (κ2) is 10.3. The normalized spacial score (nSPS) is 11.4. The van der Waals surface area contributed by atoms with Crippen LogP contribution in [0.4, 0.5) is 18.9 Å². The molecule has 0 aliphatic heterocycles. The van der Waals surface area contributed by atoms with Crippen LogP contribution < -0.4 is 10.1 Å². The first-order valence-electron chi connectivity index (χ1n) is 11.5. The van der Waals surface area contributed by atoms with Crippen LogP contribution in [0, 0.1) is 0 Å². The lowest BCUT2D eigenvalue weighted by atomic mass is 9.99. The first kappa shape index (κ1) is 25.7. The number of para-hydroxylation sites is 1. The Kier molecular flexibility index (Phi) is 7.15. The van der Waals surface area contributed by atoms with Gasteiger partial charge in [-0.1, -0.05) is 44.2 Å². The van der Waals surface area contributed by atoms with Crippen LogP contribution in [0.15, 0.2) is 78.9 Å². The average Bonchev–Trinajstić information content (AvgIpc) is 3.23. The first-order valence-corrected chi connectivity index (χ1v) is 11.5. The first-order chi connectivity index (χ1) is 17.5. The standard InChI is InChI=1S/C28H24F3N3O3/c1-17(2)25-24(27(37-18(3)35)34(33-25)23-7-5-4-6-8-23)19-11-15-22(16-12-19)32-26(36)20-9-13-21(14-10-20)28(29,30)31/h4-17H,1-3H3,(H,32,36). The molecule has 0 radical (unpaired) electrons. The molecule has 1 aromatic heterocycles. The van der Waals surface area contributed by atoms with Crippen molar-refractivity contribution in [2.75, 3.05) is 5.32 Å². The highest BCUT2D eigenvalue weighted by atomic mass is 19.4. The fraction of sp³-hybridized carbons (Fsp3) is 0.179. The monoisotopic (exact) mass is 507 g/mol. The second-order valence-corrected chi connectivity index (χ2v) is 8.67. The van der Waals surface area contributed by atoms with Crippen LogP contribution in [0.3, 0.4) is 0 Å². The van der Waals surface area contributed by atoms with Gasteiger partial charge in [0.15, 0.2) is 0 Å². The zero-order valence-electron chi connectivity index (χ0n) is 20.3. The summed E-state index contributed by atoms with van der Waals surface area (Å²) in [6.07, 6.45) is -4.47. The van der Waals surface area contributed by atoms with E-state index >= 15 is 0 Å². The van der Waals surface area contributed by atoms with Crippen LogP contribution in [0.2, 0.25) is 0 Å². The summed E-state index contributed by atoms with van der Waals surface area (Å²) in [7, 11) is 0. The highest BCUT2D eigenvalue weighted by Crippen LogP contribution is 2.39. The third-order valence-electron chi connectivity index (χ3n) is 5.56. The Morgan fingerprint density at radius 3 is 2.08 bits per heavy atom. The number of aromatic nitrogens is 2. The fourth-order valence-corrected chi connectivity index (χ4v) is 3.80. The maximum atomic E-state index is 12.8. The van der Waals surface area contributed by atoms with Crippen molar-refractivity contribution in [3.63, 3.8) is 0 Å². The van der Waals surface area contributed by atoms with Crippen molar-refractivity contribution in [3.8, 4) is 22.7 Å². The van der Waals surface area contributed by atoms with E-state index in [1.807, 2.05) is 44.2 Å². The number of amides is 1. The number of nitrogens with zero attached hydrogens (tertiary/aromatic N) is 2. The quantitative estimate of drug-likeness (QED) is 0.290. The largest absolute Gasteiger partial charge is 0.416 e. The molecule has 9 heteroatoms. The Morgan fingerprint density at radius 1 is 0.919 bits per heavy atom. The molecule has 0 spiro atoms. The molecule has 6 nitrogen and oxygen atoms in total. The molecule has 0 aliphatic carbocycles. The number of carbonyl (C=O) groups is 2. The predicted molar refractivity (Wildman–Crippen MR) is 134 cm³/mol. The van der Waals surface area contributed by atoms with E-state index in [-0.39, 0.29) is 17.4 Å². The van der Waals surface area contributed by atoms with Gasteiger partial charge in [0, 0.05) is 18.2 Å². The molecule has 0 atom stereocenters. The number of halogens is 3. The molecule has 0 aliphatic rings. The summed E-state index contributed by atoms with van der Waals surface area (Å²) >= 11 is 0. The summed E-state index contributed by atoms with van der Waals surface area (Å²) < 4.78 is 45.6. The van der Waals surface area contributed by atoms with Gasteiger partial charge in [0.1, 0.15) is 0 Å². The summed E-state index contributed by atoms with van der Waals surface area (Å²) in [5.41, 5.74) is 2.54. The van der Waals surface area contributed by atoms with Crippen molar-refractivity contribution in [2.45, 2.75) is 32.9 Å². The number of ether oxygens (including phenoxy) is 1. The van der Waals surface area contributed by atoms with Crippen LogP contribution in [0.5, 0.6) is 5.88 Å². The third-order valence-corrected chi connectivity index (χ3v) is 5.56. The number of benzene rings is 3. The predicted octanol–water partition coefficient (Wildman–Crippen LogP) is 6.86. The SMILES string of the molecule is CC(=O)Oc1c(-c2ccc(NC(=O)c3ccc(C(F)(F)F)cc3)cc2)c(C(C)C)nn1-c1ccccc1. The number of anilines is 1. The van der Waals surface area contributed by atoms with Gasteiger partial charge in [0.25, 0.3) is 5.91 Å². The molecule has 0 unspecified atom stereocenters. The summed E-state index contributed by atoms with van der Waals surface area (Å²) in [5.74, 6) is -0.742. The Labute approximate surface area is 211 Å². The Balaban J connectivity index is 1.66.